The molecule has 2 amide bonds. The fourth-order valence-corrected chi connectivity index (χ4v) is 3.21. The molecule has 7 nitrogen and oxygen atoms in total. The molecule has 2 aromatic rings. The molecule has 0 fully saturated rings. The molecule has 0 aromatic heterocycles. The van der Waals surface area contributed by atoms with Gasteiger partial charge in [0.2, 0.25) is 5.91 Å². The fraction of sp³-hybridized carbons (Fsp3) is 0.360. The quantitative estimate of drug-likeness (QED) is 0.262. The SMILES string of the molecule is CC(C)NC(=O)c1ccc(NC(=S)NC(=O)CCCC(=O)OCCCc2ccccc2)cc1. The average Bonchev–Trinajstić information content (AvgIpc) is 2.77. The molecule has 0 atom stereocenters. The van der Waals surface area contributed by atoms with Crippen LogP contribution in [0.5, 0.6) is 0 Å². The van der Waals surface area contributed by atoms with Gasteiger partial charge in [-0.15, -0.1) is 0 Å². The Morgan fingerprint density at radius 2 is 1.64 bits per heavy atom. The van der Waals surface area contributed by atoms with Crippen molar-refractivity contribution in [3.8, 4) is 0 Å². The van der Waals surface area contributed by atoms with E-state index in [0.29, 0.717) is 24.3 Å². The highest BCUT2D eigenvalue weighted by molar-refractivity contribution is 7.80. The summed E-state index contributed by atoms with van der Waals surface area (Å²) in [7, 11) is 0. The van der Waals surface area contributed by atoms with Crippen LogP contribution in [0, 0.1) is 0 Å². The van der Waals surface area contributed by atoms with Crippen LogP contribution in [0.15, 0.2) is 54.6 Å². The molecule has 2 rings (SSSR count). The van der Waals surface area contributed by atoms with E-state index in [0.717, 1.165) is 12.8 Å². The highest BCUT2D eigenvalue weighted by atomic mass is 32.1. The van der Waals surface area contributed by atoms with Gasteiger partial charge in [0.25, 0.3) is 5.91 Å². The molecular formula is C25H31N3O4S. The lowest BCUT2D eigenvalue weighted by atomic mass is 10.1. The van der Waals surface area contributed by atoms with Crippen LogP contribution in [0.1, 0.15) is 55.5 Å². The first kappa shape index (κ1) is 26.0. The number of hydrogen-bond donors (Lipinski definition) is 3. The van der Waals surface area contributed by atoms with E-state index in [2.05, 4.69) is 16.0 Å². The Morgan fingerprint density at radius 3 is 2.30 bits per heavy atom. The number of anilines is 1. The molecule has 0 aliphatic heterocycles. The maximum absolute atomic E-state index is 12.0. The number of amides is 2. The molecule has 33 heavy (non-hydrogen) atoms. The summed E-state index contributed by atoms with van der Waals surface area (Å²) in [6.07, 6.45) is 2.34. The number of carbonyl (C=O) groups is 3. The third-order valence-electron chi connectivity index (χ3n) is 4.58. The van der Waals surface area contributed by atoms with Gasteiger partial charge in [-0.05, 0) is 75.2 Å². The molecule has 0 radical (unpaired) electrons. The van der Waals surface area contributed by atoms with Crippen molar-refractivity contribution in [2.75, 3.05) is 11.9 Å². The first-order valence-electron chi connectivity index (χ1n) is 11.0. The third kappa shape index (κ3) is 10.7. The van der Waals surface area contributed by atoms with Gasteiger partial charge in [0, 0.05) is 30.1 Å². The summed E-state index contributed by atoms with van der Waals surface area (Å²) in [6.45, 7) is 4.15. The van der Waals surface area contributed by atoms with Crippen molar-refractivity contribution in [3.05, 3.63) is 65.7 Å². The Bertz CT molecular complexity index is 930. The van der Waals surface area contributed by atoms with Crippen molar-refractivity contribution in [2.24, 2.45) is 0 Å². The van der Waals surface area contributed by atoms with Crippen LogP contribution in [0.25, 0.3) is 0 Å². The van der Waals surface area contributed by atoms with Gasteiger partial charge < -0.3 is 20.7 Å². The molecular weight excluding hydrogens is 438 g/mol. The summed E-state index contributed by atoms with van der Waals surface area (Å²) in [4.78, 5) is 35.8. The molecule has 0 aliphatic rings. The number of esters is 1. The van der Waals surface area contributed by atoms with E-state index in [4.69, 9.17) is 17.0 Å². The lowest BCUT2D eigenvalue weighted by molar-refractivity contribution is -0.143. The fourth-order valence-electron chi connectivity index (χ4n) is 2.97. The smallest absolute Gasteiger partial charge is 0.305 e. The summed E-state index contributed by atoms with van der Waals surface area (Å²) in [5.74, 6) is -0.738. The number of rotatable bonds is 11. The number of carbonyl (C=O) groups excluding carboxylic acids is 3. The number of ether oxygens (including phenoxy) is 1. The first-order valence-corrected chi connectivity index (χ1v) is 11.5. The van der Waals surface area contributed by atoms with Crippen LogP contribution in [-0.4, -0.2) is 35.5 Å². The minimum atomic E-state index is -0.307. The number of aryl methyl sites for hydroxylation is 1. The van der Waals surface area contributed by atoms with Crippen molar-refractivity contribution in [1.82, 2.24) is 10.6 Å². The second kappa shape index (κ2) is 14.0. The van der Waals surface area contributed by atoms with Gasteiger partial charge in [0.05, 0.1) is 6.61 Å². The highest BCUT2D eigenvalue weighted by Gasteiger charge is 2.10. The predicted molar refractivity (Wildman–Crippen MR) is 133 cm³/mol. The van der Waals surface area contributed by atoms with Gasteiger partial charge in [-0.25, -0.2) is 0 Å². The third-order valence-corrected chi connectivity index (χ3v) is 4.78. The van der Waals surface area contributed by atoms with E-state index < -0.39 is 0 Å². The Hall–Kier alpha value is -3.26. The predicted octanol–water partition coefficient (Wildman–Crippen LogP) is 3.98. The van der Waals surface area contributed by atoms with E-state index in [1.807, 2.05) is 44.2 Å². The number of hydrogen-bond acceptors (Lipinski definition) is 5. The van der Waals surface area contributed by atoms with Crippen LogP contribution in [0.4, 0.5) is 5.69 Å². The van der Waals surface area contributed by atoms with Gasteiger partial charge >= 0.3 is 5.97 Å². The molecule has 8 heteroatoms. The topological polar surface area (TPSA) is 96.5 Å². The second-order valence-corrected chi connectivity index (χ2v) is 8.28. The summed E-state index contributed by atoms with van der Waals surface area (Å²) < 4.78 is 5.22. The van der Waals surface area contributed by atoms with Crippen LogP contribution in [0.3, 0.4) is 0 Å². The average molecular weight is 470 g/mol. The summed E-state index contributed by atoms with van der Waals surface area (Å²) >= 11 is 5.15. The molecule has 0 spiro atoms. The normalized spacial score (nSPS) is 10.4. The number of benzene rings is 2. The Labute approximate surface area is 200 Å². The van der Waals surface area contributed by atoms with Gasteiger partial charge in [0.1, 0.15) is 0 Å². The van der Waals surface area contributed by atoms with Crippen molar-refractivity contribution in [3.63, 3.8) is 0 Å². The second-order valence-electron chi connectivity index (χ2n) is 7.87. The summed E-state index contributed by atoms with van der Waals surface area (Å²) in [5, 5.41) is 8.46. The number of thiocarbonyl (C=S) groups is 1. The maximum Gasteiger partial charge on any atom is 0.305 e. The van der Waals surface area contributed by atoms with Crippen LogP contribution < -0.4 is 16.0 Å². The van der Waals surface area contributed by atoms with Gasteiger partial charge in [-0.1, -0.05) is 30.3 Å². The lowest BCUT2D eigenvalue weighted by Gasteiger charge is -2.11. The van der Waals surface area contributed by atoms with Gasteiger partial charge in [-0.3, -0.25) is 14.4 Å². The molecule has 0 saturated carbocycles. The zero-order valence-corrected chi connectivity index (χ0v) is 19.9. The molecule has 0 heterocycles. The minimum Gasteiger partial charge on any atom is -0.466 e. The van der Waals surface area contributed by atoms with E-state index in [-0.39, 0.29) is 41.8 Å². The zero-order chi connectivity index (χ0) is 24.1. The van der Waals surface area contributed by atoms with Crippen LogP contribution >= 0.6 is 12.2 Å². The highest BCUT2D eigenvalue weighted by Crippen LogP contribution is 2.10. The van der Waals surface area contributed by atoms with Crippen LogP contribution in [-0.2, 0) is 20.7 Å². The van der Waals surface area contributed by atoms with E-state index in [9.17, 15) is 14.4 Å². The molecule has 0 bridgehead atoms. The standard InChI is InChI=1S/C25H31N3O4S/c1-18(2)26-24(31)20-13-15-21(16-14-20)27-25(33)28-22(29)11-6-12-23(30)32-17-7-10-19-8-4-3-5-9-19/h3-5,8-9,13-16,18H,6-7,10-12,17H2,1-2H3,(H,26,31)(H2,27,28,29,33). The molecule has 0 saturated heterocycles. The zero-order valence-electron chi connectivity index (χ0n) is 19.1. The first-order chi connectivity index (χ1) is 15.8. The Morgan fingerprint density at radius 1 is 0.939 bits per heavy atom. The molecule has 2 aromatic carbocycles. The maximum atomic E-state index is 12.0. The van der Waals surface area contributed by atoms with Crippen LogP contribution in [0.2, 0.25) is 0 Å². The van der Waals surface area contributed by atoms with Crippen molar-refractivity contribution in [1.29, 1.82) is 0 Å². The van der Waals surface area contributed by atoms with Gasteiger partial charge in [-0.2, -0.15) is 0 Å². The van der Waals surface area contributed by atoms with Crippen molar-refractivity contribution < 1.29 is 19.1 Å². The van der Waals surface area contributed by atoms with Crippen molar-refractivity contribution in [2.45, 2.75) is 52.0 Å². The summed E-state index contributed by atoms with van der Waals surface area (Å²) in [5.41, 5.74) is 2.40. The number of nitrogens with one attached hydrogen (secondary N) is 3. The van der Waals surface area contributed by atoms with E-state index >= 15 is 0 Å². The van der Waals surface area contributed by atoms with Crippen molar-refractivity contribution >= 4 is 40.8 Å². The largest absolute Gasteiger partial charge is 0.466 e. The van der Waals surface area contributed by atoms with E-state index in [1.54, 1.807) is 24.3 Å². The molecule has 3 N–H and O–H groups in total. The van der Waals surface area contributed by atoms with E-state index in [1.165, 1.54) is 5.56 Å². The Balaban J connectivity index is 1.59. The lowest BCUT2D eigenvalue weighted by Crippen LogP contribution is -2.34. The molecule has 176 valence electrons. The monoisotopic (exact) mass is 469 g/mol. The molecule has 0 aliphatic carbocycles. The molecule has 0 unspecified atom stereocenters. The summed E-state index contributed by atoms with van der Waals surface area (Å²) in [6, 6.07) is 16.8. The van der Waals surface area contributed by atoms with Gasteiger partial charge in [0.15, 0.2) is 5.11 Å². The Kier molecular flexibility index (Phi) is 11.0. The minimum absolute atomic E-state index is 0.0552.